The van der Waals surface area contributed by atoms with Gasteiger partial charge in [0.15, 0.2) is 0 Å². The quantitative estimate of drug-likeness (QED) is 0.916. The number of ether oxygens (including phenoxy) is 1. The Morgan fingerprint density at radius 2 is 2.29 bits per heavy atom. The molecule has 0 spiro atoms. The number of aryl methyl sites for hydroxylation is 1. The number of carbonyl (C=O) groups is 2. The van der Waals surface area contributed by atoms with Gasteiger partial charge in [-0.3, -0.25) is 4.79 Å². The zero-order valence-electron chi connectivity index (χ0n) is 11.7. The van der Waals surface area contributed by atoms with Crippen molar-refractivity contribution in [1.82, 2.24) is 4.90 Å². The Hall–Kier alpha value is -1.05. The Kier molecular flexibility index (Phi) is 4.24. The molecule has 3 heterocycles. The van der Waals surface area contributed by atoms with Gasteiger partial charge in [0.2, 0.25) is 5.91 Å². The largest absolute Gasteiger partial charge is 0.480 e. The first-order valence-electron chi connectivity index (χ1n) is 6.85. The first kappa shape index (κ1) is 14.9. The van der Waals surface area contributed by atoms with Gasteiger partial charge in [0.05, 0.1) is 6.10 Å². The van der Waals surface area contributed by atoms with Crippen LogP contribution < -0.4 is 0 Å². The molecule has 3 atom stereocenters. The van der Waals surface area contributed by atoms with Gasteiger partial charge >= 0.3 is 5.97 Å². The highest BCUT2D eigenvalue weighted by Crippen LogP contribution is 2.41. The molecule has 1 saturated heterocycles. The second-order valence-corrected chi connectivity index (χ2v) is 7.45. The molecule has 7 heteroatoms. The van der Waals surface area contributed by atoms with Crippen LogP contribution >= 0.6 is 23.1 Å². The maximum atomic E-state index is 12.8. The van der Waals surface area contributed by atoms with Crippen molar-refractivity contribution in [1.29, 1.82) is 0 Å². The Morgan fingerprint density at radius 1 is 1.48 bits per heavy atom. The molecule has 0 aromatic carbocycles. The Balaban J connectivity index is 1.84. The summed E-state index contributed by atoms with van der Waals surface area (Å²) >= 11 is 3.29. The summed E-state index contributed by atoms with van der Waals surface area (Å²) in [6.07, 6.45) is 1.17. The first-order valence-corrected chi connectivity index (χ1v) is 8.78. The number of fused-ring (bicyclic) bond motifs is 1. The van der Waals surface area contributed by atoms with Gasteiger partial charge in [0.25, 0.3) is 0 Å². The molecule has 1 aromatic rings. The SMILES string of the molecule is COC1CC(C(=O)O)N(C(=O)C2SCCc3sccc32)C1. The van der Waals surface area contributed by atoms with E-state index >= 15 is 0 Å². The molecule has 1 fully saturated rings. The van der Waals surface area contributed by atoms with Crippen LogP contribution in [0.3, 0.4) is 0 Å². The summed E-state index contributed by atoms with van der Waals surface area (Å²) in [5.41, 5.74) is 1.06. The summed E-state index contributed by atoms with van der Waals surface area (Å²) in [6.45, 7) is 0.364. The summed E-state index contributed by atoms with van der Waals surface area (Å²) in [4.78, 5) is 27.0. The number of rotatable bonds is 3. The van der Waals surface area contributed by atoms with E-state index in [9.17, 15) is 14.7 Å². The van der Waals surface area contributed by atoms with E-state index in [-0.39, 0.29) is 17.3 Å². The fraction of sp³-hybridized carbons (Fsp3) is 0.571. The number of thioether (sulfide) groups is 1. The molecule has 1 N–H and O–H groups in total. The number of carboxylic acid groups (broad SMARTS) is 1. The highest BCUT2D eigenvalue weighted by atomic mass is 32.2. The third kappa shape index (κ3) is 2.69. The number of nitrogens with zero attached hydrogens (tertiary/aromatic N) is 1. The van der Waals surface area contributed by atoms with Crippen LogP contribution in [0.4, 0.5) is 0 Å². The minimum Gasteiger partial charge on any atom is -0.480 e. The average molecular weight is 327 g/mol. The van der Waals surface area contributed by atoms with E-state index in [2.05, 4.69) is 0 Å². The number of aliphatic carboxylic acids is 1. The molecule has 2 aliphatic heterocycles. The molecule has 3 rings (SSSR count). The van der Waals surface area contributed by atoms with Crippen molar-refractivity contribution < 1.29 is 19.4 Å². The molecule has 3 unspecified atom stereocenters. The fourth-order valence-electron chi connectivity index (χ4n) is 2.95. The standard InChI is InChI=1S/C14H17NO4S2/c1-19-8-6-10(14(17)18)15(7-8)13(16)12-9-2-4-20-11(9)3-5-21-12/h2,4,8,10,12H,3,5-7H2,1H3,(H,17,18). The van der Waals surface area contributed by atoms with E-state index < -0.39 is 12.0 Å². The molecule has 21 heavy (non-hydrogen) atoms. The lowest BCUT2D eigenvalue weighted by Crippen LogP contribution is -2.43. The van der Waals surface area contributed by atoms with Crippen molar-refractivity contribution in [2.45, 2.75) is 30.2 Å². The zero-order chi connectivity index (χ0) is 15.0. The zero-order valence-corrected chi connectivity index (χ0v) is 13.3. The Bertz CT molecular complexity index is 559. The predicted molar refractivity (Wildman–Crippen MR) is 81.8 cm³/mol. The number of carbonyl (C=O) groups excluding carboxylic acids is 1. The van der Waals surface area contributed by atoms with Crippen molar-refractivity contribution >= 4 is 35.0 Å². The van der Waals surface area contributed by atoms with E-state index in [1.807, 2.05) is 11.4 Å². The molecule has 1 aromatic heterocycles. The van der Waals surface area contributed by atoms with Crippen molar-refractivity contribution in [2.75, 3.05) is 19.4 Å². The van der Waals surface area contributed by atoms with Gasteiger partial charge in [0.1, 0.15) is 11.3 Å². The number of amides is 1. The topological polar surface area (TPSA) is 66.8 Å². The maximum absolute atomic E-state index is 12.8. The van der Waals surface area contributed by atoms with Gasteiger partial charge in [-0.25, -0.2) is 4.79 Å². The third-order valence-corrected chi connectivity index (χ3v) is 6.29. The van der Waals surface area contributed by atoms with E-state index in [0.29, 0.717) is 13.0 Å². The number of carboxylic acids is 1. The number of methoxy groups -OCH3 is 1. The van der Waals surface area contributed by atoms with Gasteiger partial charge < -0.3 is 14.7 Å². The van der Waals surface area contributed by atoms with E-state index in [1.165, 1.54) is 9.78 Å². The maximum Gasteiger partial charge on any atom is 0.326 e. The van der Waals surface area contributed by atoms with E-state index in [4.69, 9.17) is 4.74 Å². The van der Waals surface area contributed by atoms with Crippen LogP contribution in [0.5, 0.6) is 0 Å². The number of hydrogen-bond acceptors (Lipinski definition) is 5. The van der Waals surface area contributed by atoms with Crippen LogP contribution in [0.15, 0.2) is 11.4 Å². The summed E-state index contributed by atoms with van der Waals surface area (Å²) in [5.74, 6) is -0.135. The van der Waals surface area contributed by atoms with Crippen molar-refractivity contribution in [3.63, 3.8) is 0 Å². The monoisotopic (exact) mass is 327 g/mol. The highest BCUT2D eigenvalue weighted by molar-refractivity contribution is 8.00. The second-order valence-electron chi connectivity index (χ2n) is 5.24. The van der Waals surface area contributed by atoms with Gasteiger partial charge in [0, 0.05) is 25.0 Å². The molecule has 0 aliphatic carbocycles. The lowest BCUT2D eigenvalue weighted by Gasteiger charge is -2.28. The van der Waals surface area contributed by atoms with Crippen molar-refractivity contribution in [2.24, 2.45) is 0 Å². The Morgan fingerprint density at radius 3 is 3.00 bits per heavy atom. The molecule has 1 amide bonds. The average Bonchev–Trinajstić information content (AvgIpc) is 3.12. The predicted octanol–water partition coefficient (Wildman–Crippen LogP) is 1.78. The lowest BCUT2D eigenvalue weighted by molar-refractivity contribution is -0.148. The number of hydrogen-bond donors (Lipinski definition) is 1. The van der Waals surface area contributed by atoms with Crippen LogP contribution in [-0.2, 0) is 20.7 Å². The van der Waals surface area contributed by atoms with Gasteiger partial charge in [-0.2, -0.15) is 0 Å². The first-order chi connectivity index (χ1) is 10.1. The van der Waals surface area contributed by atoms with Crippen LogP contribution in [-0.4, -0.2) is 53.4 Å². The van der Waals surface area contributed by atoms with Crippen LogP contribution in [0, 0.1) is 0 Å². The van der Waals surface area contributed by atoms with Crippen molar-refractivity contribution in [3.05, 3.63) is 21.9 Å². The smallest absolute Gasteiger partial charge is 0.326 e. The molecule has 0 saturated carbocycles. The lowest BCUT2D eigenvalue weighted by atomic mass is 10.1. The summed E-state index contributed by atoms with van der Waals surface area (Å²) < 4.78 is 5.25. The normalized spacial score (nSPS) is 28.4. The molecule has 114 valence electrons. The fourth-order valence-corrected chi connectivity index (χ4v) is 5.31. The van der Waals surface area contributed by atoms with Gasteiger partial charge in [-0.15, -0.1) is 23.1 Å². The van der Waals surface area contributed by atoms with Crippen LogP contribution in [0.1, 0.15) is 22.1 Å². The minimum absolute atomic E-state index is 0.0914. The second kappa shape index (κ2) is 5.98. The van der Waals surface area contributed by atoms with Crippen molar-refractivity contribution in [3.8, 4) is 0 Å². The molecule has 2 aliphatic rings. The van der Waals surface area contributed by atoms with Crippen LogP contribution in [0.2, 0.25) is 0 Å². The third-order valence-electron chi connectivity index (χ3n) is 4.06. The molecular weight excluding hydrogens is 310 g/mol. The van der Waals surface area contributed by atoms with Gasteiger partial charge in [-0.1, -0.05) is 0 Å². The summed E-state index contributed by atoms with van der Waals surface area (Å²) in [7, 11) is 1.56. The summed E-state index contributed by atoms with van der Waals surface area (Å²) in [5, 5.41) is 11.1. The molecule has 0 radical (unpaired) electrons. The molecular formula is C14H17NO4S2. The van der Waals surface area contributed by atoms with Crippen LogP contribution in [0.25, 0.3) is 0 Å². The number of thiophene rings is 1. The number of likely N-dealkylation sites (tertiary alicyclic amines) is 1. The van der Waals surface area contributed by atoms with Gasteiger partial charge in [-0.05, 0) is 29.2 Å². The minimum atomic E-state index is -0.950. The van der Waals surface area contributed by atoms with E-state index in [0.717, 1.165) is 17.7 Å². The summed E-state index contributed by atoms with van der Waals surface area (Å²) in [6, 6.07) is 1.22. The Labute approximate surface area is 131 Å². The molecule has 0 bridgehead atoms. The van der Waals surface area contributed by atoms with E-state index in [1.54, 1.807) is 30.2 Å². The highest BCUT2D eigenvalue weighted by Gasteiger charge is 2.43. The molecule has 5 nitrogen and oxygen atoms in total.